The van der Waals surface area contributed by atoms with Crippen LogP contribution in [0.1, 0.15) is 78.6 Å². The maximum Gasteiger partial charge on any atom is 0.337 e. The van der Waals surface area contributed by atoms with Crippen molar-refractivity contribution in [3.63, 3.8) is 0 Å². The summed E-state index contributed by atoms with van der Waals surface area (Å²) in [6.45, 7) is 13.7. The van der Waals surface area contributed by atoms with Crippen molar-refractivity contribution in [3.8, 4) is 6.07 Å². The first kappa shape index (κ1) is 26.6. The first-order chi connectivity index (χ1) is 14.0. The molecule has 0 radical (unpaired) electrons. The van der Waals surface area contributed by atoms with Crippen molar-refractivity contribution in [2.75, 3.05) is 13.2 Å². The Kier molecular flexibility index (Phi) is 10.5. The molecule has 0 aliphatic carbocycles. The summed E-state index contributed by atoms with van der Waals surface area (Å²) in [5, 5.41) is 23.4. The monoisotopic (exact) mass is 438 g/mol. The molecule has 0 fully saturated rings. The van der Waals surface area contributed by atoms with Crippen molar-refractivity contribution in [1.29, 1.82) is 5.26 Å². The molecule has 1 aromatic rings. The number of nitrogens with zero attached hydrogens (tertiary/aromatic N) is 2. The number of carbonyl (C=O) groups is 1. The topological polar surface area (TPSA) is 82.8 Å². The molecule has 0 saturated heterocycles. The van der Waals surface area contributed by atoms with Gasteiger partial charge in [0.15, 0.2) is 6.10 Å². The molecular formula is C23H38N2O4S. The highest BCUT2D eigenvalue weighted by molar-refractivity contribution is 7.10. The number of nitriles is 1. The highest BCUT2D eigenvalue weighted by atomic mass is 32.1. The van der Waals surface area contributed by atoms with Crippen molar-refractivity contribution >= 4 is 17.3 Å². The summed E-state index contributed by atoms with van der Waals surface area (Å²) >= 11 is 1.61. The molecular weight excluding hydrogens is 400 g/mol. The maximum absolute atomic E-state index is 12.9. The third kappa shape index (κ3) is 7.66. The van der Waals surface area contributed by atoms with Gasteiger partial charge in [-0.25, -0.2) is 4.79 Å². The average Bonchev–Trinajstić information content (AvgIpc) is 3.20. The van der Waals surface area contributed by atoms with E-state index in [0.717, 1.165) is 17.7 Å². The van der Waals surface area contributed by atoms with Crippen molar-refractivity contribution < 1.29 is 19.5 Å². The van der Waals surface area contributed by atoms with E-state index >= 15 is 0 Å². The van der Waals surface area contributed by atoms with E-state index in [1.54, 1.807) is 30.2 Å². The van der Waals surface area contributed by atoms with E-state index in [0.29, 0.717) is 6.61 Å². The number of hydrogen-bond donors (Lipinski definition) is 1. The highest BCUT2D eigenvalue weighted by Crippen LogP contribution is 2.38. The van der Waals surface area contributed by atoms with Crippen LogP contribution in [0.3, 0.4) is 0 Å². The second-order valence-corrected chi connectivity index (χ2v) is 10.3. The Morgan fingerprint density at radius 1 is 1.33 bits per heavy atom. The lowest BCUT2D eigenvalue weighted by atomic mass is 9.88. The maximum atomic E-state index is 12.9. The summed E-state index contributed by atoms with van der Waals surface area (Å²) in [7, 11) is 0. The van der Waals surface area contributed by atoms with Crippen LogP contribution in [0, 0.1) is 22.7 Å². The summed E-state index contributed by atoms with van der Waals surface area (Å²) in [4.78, 5) is 20.3. The quantitative estimate of drug-likeness (QED) is 0.262. The molecule has 0 bridgehead atoms. The van der Waals surface area contributed by atoms with Crippen LogP contribution < -0.4 is 0 Å². The molecule has 2 unspecified atom stereocenters. The number of carbonyl (C=O) groups excluding carboxylic acids is 1. The van der Waals surface area contributed by atoms with Gasteiger partial charge in [-0.2, -0.15) is 10.3 Å². The highest BCUT2D eigenvalue weighted by Gasteiger charge is 2.41. The zero-order valence-electron chi connectivity index (χ0n) is 19.5. The number of thiophene rings is 1. The molecule has 0 aromatic carbocycles. The fourth-order valence-electron chi connectivity index (χ4n) is 3.05. The molecule has 2 atom stereocenters. The predicted octanol–water partition coefficient (Wildman–Crippen LogP) is 5.10. The van der Waals surface area contributed by atoms with Crippen LogP contribution in [0.5, 0.6) is 0 Å². The lowest BCUT2D eigenvalue weighted by Gasteiger charge is -2.44. The summed E-state index contributed by atoms with van der Waals surface area (Å²) < 4.78 is 5.45. The normalized spacial score (nSPS) is 14.6. The van der Waals surface area contributed by atoms with Gasteiger partial charge in [-0.3, -0.25) is 4.84 Å². The van der Waals surface area contributed by atoms with Crippen LogP contribution in [0.15, 0.2) is 17.5 Å². The predicted molar refractivity (Wildman–Crippen MR) is 120 cm³/mol. The zero-order valence-corrected chi connectivity index (χ0v) is 20.3. The number of esters is 1. The number of hydrogen-bond acceptors (Lipinski definition) is 7. The lowest BCUT2D eigenvalue weighted by molar-refractivity contribution is -0.285. The first-order valence-corrected chi connectivity index (χ1v) is 11.5. The first-order valence-electron chi connectivity index (χ1n) is 10.7. The molecule has 0 amide bonds. The number of rotatable bonds is 13. The van der Waals surface area contributed by atoms with E-state index in [2.05, 4.69) is 19.9 Å². The van der Waals surface area contributed by atoms with Crippen LogP contribution in [0.25, 0.3) is 0 Å². The number of unbranched alkanes of at least 4 members (excludes halogenated alkanes) is 1. The van der Waals surface area contributed by atoms with E-state index < -0.39 is 23.0 Å². The van der Waals surface area contributed by atoms with Gasteiger partial charge in [0.2, 0.25) is 0 Å². The van der Waals surface area contributed by atoms with Crippen LogP contribution >= 0.6 is 11.3 Å². The van der Waals surface area contributed by atoms with E-state index in [9.17, 15) is 15.2 Å². The Morgan fingerprint density at radius 3 is 2.47 bits per heavy atom. The Bertz CT molecular complexity index is 680. The second kappa shape index (κ2) is 11.8. The average molecular weight is 439 g/mol. The van der Waals surface area contributed by atoms with Gasteiger partial charge in [0.05, 0.1) is 36.3 Å². The van der Waals surface area contributed by atoms with Gasteiger partial charge < -0.3 is 9.84 Å². The molecule has 30 heavy (non-hydrogen) atoms. The second-order valence-electron chi connectivity index (χ2n) is 9.32. The Balaban J connectivity index is 3.30. The smallest absolute Gasteiger partial charge is 0.337 e. The zero-order chi connectivity index (χ0) is 22.9. The number of aliphatic hydroxyl groups excluding tert-OH is 1. The number of hydroxylamine groups is 2. The molecule has 7 heteroatoms. The molecule has 6 nitrogen and oxygen atoms in total. The van der Waals surface area contributed by atoms with Crippen LogP contribution in [0.4, 0.5) is 0 Å². The van der Waals surface area contributed by atoms with Gasteiger partial charge in [-0.1, -0.05) is 33.3 Å². The van der Waals surface area contributed by atoms with Crippen LogP contribution in [-0.4, -0.2) is 41.0 Å². The fourth-order valence-corrected chi connectivity index (χ4v) is 4.03. The molecule has 0 aliphatic rings. The molecule has 0 aliphatic heterocycles. The Morgan fingerprint density at radius 2 is 2.00 bits per heavy atom. The Hall–Kier alpha value is -1.46. The molecule has 170 valence electrons. The molecule has 1 heterocycles. The molecule has 1 rings (SSSR count). The minimum atomic E-state index is -0.941. The minimum absolute atomic E-state index is 0.152. The molecule has 1 aromatic heterocycles. The van der Waals surface area contributed by atoms with E-state index in [-0.39, 0.29) is 25.0 Å². The van der Waals surface area contributed by atoms with E-state index in [4.69, 9.17) is 9.57 Å². The molecule has 0 saturated carbocycles. The van der Waals surface area contributed by atoms with E-state index in [1.165, 1.54) is 0 Å². The van der Waals surface area contributed by atoms with Crippen molar-refractivity contribution in [2.24, 2.45) is 11.3 Å². The largest absolute Gasteiger partial charge is 0.464 e. The number of aliphatic hydroxyl groups is 1. The van der Waals surface area contributed by atoms with Crippen molar-refractivity contribution in [2.45, 2.75) is 85.4 Å². The Labute approximate surface area is 185 Å². The van der Waals surface area contributed by atoms with Gasteiger partial charge in [-0.15, -0.1) is 11.3 Å². The SMILES string of the molecule is CCCCOC(=O)C(CC(C)(C)C#N)ON(C(c1cccs1)C(C)C)C(C)(C)CO. The van der Waals surface area contributed by atoms with Gasteiger partial charge in [0.1, 0.15) is 0 Å². The van der Waals surface area contributed by atoms with Crippen LogP contribution in [0.2, 0.25) is 0 Å². The third-order valence-corrected chi connectivity index (χ3v) is 5.89. The van der Waals surface area contributed by atoms with Gasteiger partial charge in [-0.05, 0) is 51.5 Å². The van der Waals surface area contributed by atoms with Gasteiger partial charge >= 0.3 is 5.97 Å². The molecule has 0 spiro atoms. The number of ether oxygens (including phenoxy) is 1. The fraction of sp³-hybridized carbons (Fsp3) is 0.739. The summed E-state index contributed by atoms with van der Waals surface area (Å²) in [5.41, 5.74) is -1.52. The van der Waals surface area contributed by atoms with Crippen LogP contribution in [-0.2, 0) is 14.4 Å². The molecule has 1 N–H and O–H groups in total. The summed E-state index contributed by atoms with van der Waals surface area (Å²) in [6.07, 6.45) is 0.945. The van der Waals surface area contributed by atoms with Gasteiger partial charge in [0, 0.05) is 11.3 Å². The standard InChI is InChI=1S/C23H38N2O4S/c1-8-9-12-28-21(27)18(14-22(4,5)15-24)29-25(23(6,7)16-26)20(17(2)3)19-11-10-13-30-19/h10-11,13,17-18,20,26H,8-9,12,14,16H2,1-7H3. The summed E-state index contributed by atoms with van der Waals surface area (Å²) in [6, 6.07) is 6.10. The lowest BCUT2D eigenvalue weighted by Crippen LogP contribution is -2.53. The van der Waals surface area contributed by atoms with Crippen molar-refractivity contribution in [1.82, 2.24) is 5.06 Å². The minimum Gasteiger partial charge on any atom is -0.464 e. The van der Waals surface area contributed by atoms with Crippen molar-refractivity contribution in [3.05, 3.63) is 22.4 Å². The van der Waals surface area contributed by atoms with Gasteiger partial charge in [0.25, 0.3) is 0 Å². The summed E-state index contributed by atoms with van der Waals surface area (Å²) in [5.74, 6) is -0.311. The third-order valence-electron chi connectivity index (χ3n) is 4.95. The van der Waals surface area contributed by atoms with E-state index in [1.807, 2.05) is 38.3 Å².